The Kier molecular flexibility index (Phi) is 12.8. The first-order valence-corrected chi connectivity index (χ1v) is 2.70. The van der Waals surface area contributed by atoms with Crippen LogP contribution in [-0.2, 0) is 26.1 Å². The van der Waals surface area contributed by atoms with Crippen LogP contribution < -0.4 is 0 Å². The Morgan fingerprint density at radius 1 is 1.50 bits per heavy atom. The Bertz CT molecular complexity index is 80.1. The zero-order chi connectivity index (χ0) is 5.21. The summed E-state index contributed by atoms with van der Waals surface area (Å²) < 4.78 is 13.1. The fourth-order valence-corrected chi connectivity index (χ4v) is 0. The minimum absolute atomic E-state index is 0. The summed E-state index contributed by atoms with van der Waals surface area (Å²) in [5, 5.41) is 0. The Morgan fingerprint density at radius 2 is 1.62 bits per heavy atom. The molecule has 2 N–H and O–H groups in total. The van der Waals surface area contributed by atoms with Gasteiger partial charge >= 0.3 is 7.82 Å². The molecule has 0 saturated carbocycles. The van der Waals surface area contributed by atoms with E-state index in [-0.39, 0.29) is 34.4 Å². The molecule has 8 heavy (non-hydrogen) atoms. The second kappa shape index (κ2) is 6.35. The van der Waals surface area contributed by atoms with Crippen LogP contribution in [0.4, 0.5) is 0 Å². The third-order valence-electron chi connectivity index (χ3n) is 0.238. The molecule has 0 aromatic carbocycles. The molecule has 50 valence electrons. The molecule has 0 aromatic rings. The molecule has 4 nitrogen and oxygen atoms in total. The molecule has 0 aliphatic carbocycles. The molecule has 8 heteroatoms. The van der Waals surface area contributed by atoms with Crippen molar-refractivity contribution in [3.63, 3.8) is 0 Å². The molecule has 0 saturated heterocycles. The van der Waals surface area contributed by atoms with Gasteiger partial charge in [-0.05, 0) is 0 Å². The van der Waals surface area contributed by atoms with E-state index in [0.29, 0.717) is 0 Å². The van der Waals surface area contributed by atoms with Crippen LogP contribution in [0.25, 0.3) is 0 Å². The van der Waals surface area contributed by atoms with Crippen LogP contribution in [0.1, 0.15) is 0 Å². The Balaban J connectivity index is -0.000000125. The zero-order valence-corrected chi connectivity index (χ0v) is 5.51. The monoisotopic (exact) mass is 196 g/mol. The van der Waals surface area contributed by atoms with E-state index >= 15 is 0 Å². The van der Waals surface area contributed by atoms with Crippen molar-refractivity contribution in [2.45, 2.75) is 0 Å². The van der Waals surface area contributed by atoms with Crippen molar-refractivity contribution in [1.82, 2.24) is 0 Å². The van der Waals surface area contributed by atoms with E-state index in [4.69, 9.17) is 9.79 Å². The van der Waals surface area contributed by atoms with Crippen LogP contribution in [-0.4, -0.2) is 35.2 Å². The summed E-state index contributed by atoms with van der Waals surface area (Å²) in [6.45, 7) is 0. The van der Waals surface area contributed by atoms with E-state index in [1.54, 1.807) is 0 Å². The number of hydrogen-bond acceptors (Lipinski definition) is 2. The molecule has 0 fully saturated rings. The first-order chi connectivity index (χ1) is 2.56. The maximum atomic E-state index is 9.47. The smallest absolute Gasteiger partial charge is 0.358 e. The number of phosphoric acid groups is 1. The van der Waals surface area contributed by atoms with Crippen LogP contribution in [0, 0.1) is 0 Å². The molecule has 0 aliphatic heterocycles. The van der Waals surface area contributed by atoms with E-state index in [9.17, 15) is 4.57 Å². The maximum absolute atomic E-state index is 9.47. The van der Waals surface area contributed by atoms with Gasteiger partial charge < -0.3 is 14.2 Å². The molecule has 0 radical (unpaired) electrons. The Morgan fingerprint density at radius 3 is 1.62 bits per heavy atom. The molecule has 0 heterocycles. The van der Waals surface area contributed by atoms with Gasteiger partial charge in [-0.3, -0.25) is 0 Å². The normalized spacial score (nSPS) is 8.75. The Labute approximate surface area is 69.3 Å². The van der Waals surface area contributed by atoms with Crippen LogP contribution >= 0.6 is 7.82 Å². The van der Waals surface area contributed by atoms with E-state index in [1.807, 2.05) is 0 Å². The molecule has 0 atom stereocenters. The summed E-state index contributed by atoms with van der Waals surface area (Å²) in [7, 11) is -3.20. The zero-order valence-electron chi connectivity index (χ0n) is 3.51. The van der Waals surface area contributed by atoms with Gasteiger partial charge in [0, 0.05) is 17.1 Å². The molecular formula is H7AlBFeO4P. The van der Waals surface area contributed by atoms with Crippen LogP contribution in [0.5, 0.6) is 0 Å². The van der Waals surface area contributed by atoms with Gasteiger partial charge in [0.25, 0.3) is 8.05 Å². The molecule has 0 spiro atoms. The summed E-state index contributed by atoms with van der Waals surface area (Å²) in [4.78, 5) is 15.4. The summed E-state index contributed by atoms with van der Waals surface area (Å²) in [6.07, 6.45) is 0. The van der Waals surface area contributed by atoms with Gasteiger partial charge in [-0.15, -0.1) is 0 Å². The average Bonchev–Trinajstić information content (AvgIpc) is 1.35. The summed E-state index contributed by atoms with van der Waals surface area (Å²) in [5.74, 6) is 0. The third-order valence-corrected chi connectivity index (χ3v) is 0.714. The maximum Gasteiger partial charge on any atom is 0.454 e. The molecule has 0 aliphatic rings. The summed E-state index contributed by atoms with van der Waals surface area (Å²) in [6, 6.07) is 0. The van der Waals surface area contributed by atoms with Gasteiger partial charge in [0.05, 0.1) is 0 Å². The van der Waals surface area contributed by atoms with Crippen molar-refractivity contribution in [2.24, 2.45) is 0 Å². The van der Waals surface area contributed by atoms with E-state index in [1.165, 1.54) is 0 Å². The topological polar surface area (TPSA) is 66.8 Å². The van der Waals surface area contributed by atoms with Gasteiger partial charge in [0.1, 0.15) is 0 Å². The van der Waals surface area contributed by atoms with Crippen LogP contribution in [0.3, 0.4) is 0 Å². The van der Waals surface area contributed by atoms with Crippen LogP contribution in [0.15, 0.2) is 0 Å². The molecule has 0 bridgehead atoms. The minimum atomic E-state index is -4.15. The van der Waals surface area contributed by atoms with Crippen molar-refractivity contribution >= 4 is 33.2 Å². The van der Waals surface area contributed by atoms with Crippen molar-refractivity contribution in [1.29, 1.82) is 0 Å². The summed E-state index contributed by atoms with van der Waals surface area (Å²) >= 11 is 0. The van der Waals surface area contributed by atoms with Crippen LogP contribution in [0.2, 0.25) is 0 Å². The SMILES string of the molecule is BOP(=O)(O)O.[AlH3].[Fe]. The average molecular weight is 196 g/mol. The standard InChI is InChI=1S/Al.BH4O4P.Fe.3H/c;1-5-6(2,3)4;;;;/h;1H2,(H2,2,3,4);;;;. The molecule has 0 amide bonds. The summed E-state index contributed by atoms with van der Waals surface area (Å²) in [5.41, 5.74) is 0. The van der Waals surface area contributed by atoms with Crippen molar-refractivity contribution < 1.29 is 35.9 Å². The van der Waals surface area contributed by atoms with Gasteiger partial charge in [-0.2, -0.15) is 0 Å². The third kappa shape index (κ3) is 15.7. The van der Waals surface area contributed by atoms with Crippen molar-refractivity contribution in [3.05, 3.63) is 0 Å². The fourth-order valence-electron chi connectivity index (χ4n) is 0. The van der Waals surface area contributed by atoms with Gasteiger partial charge in [-0.1, -0.05) is 0 Å². The van der Waals surface area contributed by atoms with Crippen molar-refractivity contribution in [2.75, 3.05) is 0 Å². The molecule has 0 aromatic heterocycles. The predicted molar refractivity (Wildman–Crippen MR) is 31.6 cm³/mol. The van der Waals surface area contributed by atoms with E-state index in [2.05, 4.69) is 4.44 Å². The Hall–Kier alpha value is 1.23. The first kappa shape index (κ1) is 16.1. The predicted octanol–water partition coefficient (Wildman–Crippen LogP) is -2.54. The van der Waals surface area contributed by atoms with E-state index < -0.39 is 7.82 Å². The minimum Gasteiger partial charge on any atom is -0.358 e. The molecule has 0 unspecified atom stereocenters. The van der Waals surface area contributed by atoms with Gasteiger partial charge in [-0.25, -0.2) is 4.57 Å². The number of rotatable bonds is 1. The van der Waals surface area contributed by atoms with Crippen molar-refractivity contribution in [3.8, 4) is 0 Å². The quantitative estimate of drug-likeness (QED) is 0.358. The molecule has 0 rings (SSSR count). The second-order valence-electron chi connectivity index (χ2n) is 0.673. The van der Waals surface area contributed by atoms with Gasteiger partial charge in [0.15, 0.2) is 17.4 Å². The molecular weight excluding hydrogens is 189 g/mol. The second-order valence-corrected chi connectivity index (χ2v) is 2.02. The fraction of sp³-hybridized carbons (Fsp3) is 0. The number of hydrogen-bond donors (Lipinski definition) is 2. The van der Waals surface area contributed by atoms with Gasteiger partial charge in [0.2, 0.25) is 0 Å². The largest absolute Gasteiger partial charge is 0.454 e. The first-order valence-electron chi connectivity index (χ1n) is 1.17. The van der Waals surface area contributed by atoms with E-state index in [0.717, 1.165) is 8.05 Å².